The number of aromatic nitrogens is 3. The molecule has 2 aromatic rings. The van der Waals surface area contributed by atoms with Gasteiger partial charge in [0.05, 0.1) is 0 Å². The molecule has 15 heavy (non-hydrogen) atoms. The Morgan fingerprint density at radius 3 is 3.13 bits per heavy atom. The van der Waals surface area contributed by atoms with E-state index in [0.29, 0.717) is 18.0 Å². The molecule has 2 rings (SSSR count). The lowest BCUT2D eigenvalue weighted by atomic mass is 10.3. The summed E-state index contributed by atoms with van der Waals surface area (Å²) in [5, 5.41) is 16.0. The van der Waals surface area contributed by atoms with Crippen molar-refractivity contribution in [3.63, 3.8) is 0 Å². The van der Waals surface area contributed by atoms with Crippen LogP contribution < -0.4 is 5.32 Å². The average molecular weight is 206 g/mol. The molecule has 2 N–H and O–H groups in total. The van der Waals surface area contributed by atoms with Crippen LogP contribution in [0.3, 0.4) is 0 Å². The summed E-state index contributed by atoms with van der Waals surface area (Å²) in [5.74, 6) is -0.677. The molecule has 0 radical (unpaired) electrons. The van der Waals surface area contributed by atoms with Crippen molar-refractivity contribution in [3.8, 4) is 0 Å². The van der Waals surface area contributed by atoms with Crippen LogP contribution in [-0.4, -0.2) is 32.2 Å². The number of hydrogen-bond acceptors (Lipinski definition) is 4. The number of aromatic carboxylic acids is 1. The molecule has 0 fully saturated rings. The van der Waals surface area contributed by atoms with E-state index in [1.165, 1.54) is 4.52 Å². The maximum atomic E-state index is 11.0. The molecule has 0 saturated heterocycles. The van der Waals surface area contributed by atoms with E-state index in [1.807, 2.05) is 6.92 Å². The summed E-state index contributed by atoms with van der Waals surface area (Å²) in [6.45, 7) is 2.49. The molecule has 0 atom stereocenters. The van der Waals surface area contributed by atoms with Crippen molar-refractivity contribution >= 4 is 17.4 Å². The maximum absolute atomic E-state index is 11.0. The first-order valence-electron chi connectivity index (χ1n) is 4.54. The van der Waals surface area contributed by atoms with Crippen molar-refractivity contribution in [2.75, 3.05) is 11.9 Å². The highest BCUT2D eigenvalue weighted by Crippen LogP contribution is 2.17. The van der Waals surface area contributed by atoms with E-state index in [4.69, 9.17) is 5.11 Å². The summed E-state index contributed by atoms with van der Waals surface area (Å²) in [6.07, 6.45) is 3.20. The zero-order valence-electron chi connectivity index (χ0n) is 8.14. The first kappa shape index (κ1) is 9.45. The van der Waals surface area contributed by atoms with E-state index < -0.39 is 5.97 Å². The Hall–Kier alpha value is -2.11. The van der Waals surface area contributed by atoms with Gasteiger partial charge in [-0.25, -0.2) is 14.3 Å². The van der Waals surface area contributed by atoms with Crippen molar-refractivity contribution in [1.29, 1.82) is 0 Å². The Kier molecular flexibility index (Phi) is 2.24. The molecule has 0 aliphatic heterocycles. The monoisotopic (exact) mass is 206 g/mol. The smallest absolute Gasteiger partial charge is 0.343 e. The Morgan fingerprint density at radius 2 is 2.47 bits per heavy atom. The number of carbonyl (C=O) groups is 1. The van der Waals surface area contributed by atoms with E-state index in [2.05, 4.69) is 15.4 Å². The van der Waals surface area contributed by atoms with Crippen molar-refractivity contribution in [1.82, 2.24) is 14.6 Å². The normalized spacial score (nSPS) is 10.5. The highest BCUT2D eigenvalue weighted by atomic mass is 16.4. The minimum absolute atomic E-state index is 0.109. The predicted molar refractivity (Wildman–Crippen MR) is 54.1 cm³/mol. The Morgan fingerprint density at radius 1 is 1.67 bits per heavy atom. The van der Waals surface area contributed by atoms with Crippen LogP contribution in [0.5, 0.6) is 0 Å². The van der Waals surface area contributed by atoms with Gasteiger partial charge in [-0.1, -0.05) is 0 Å². The van der Waals surface area contributed by atoms with Crippen LogP contribution in [0.2, 0.25) is 0 Å². The second-order valence-electron chi connectivity index (χ2n) is 2.95. The number of rotatable bonds is 3. The zero-order chi connectivity index (χ0) is 10.8. The lowest BCUT2D eigenvalue weighted by Gasteiger charge is -1.97. The van der Waals surface area contributed by atoms with Crippen LogP contribution in [0.4, 0.5) is 5.82 Å². The van der Waals surface area contributed by atoms with Crippen LogP contribution >= 0.6 is 0 Å². The van der Waals surface area contributed by atoms with Gasteiger partial charge in [-0.2, -0.15) is 0 Å². The minimum atomic E-state index is -1.03. The highest BCUT2D eigenvalue weighted by molar-refractivity contribution is 5.99. The quantitative estimate of drug-likeness (QED) is 0.778. The second-order valence-corrected chi connectivity index (χ2v) is 2.95. The van der Waals surface area contributed by atoms with Gasteiger partial charge in [-0.3, -0.25) is 0 Å². The molecule has 2 heterocycles. The van der Waals surface area contributed by atoms with Crippen molar-refractivity contribution in [2.45, 2.75) is 6.92 Å². The van der Waals surface area contributed by atoms with Crippen molar-refractivity contribution in [3.05, 3.63) is 24.0 Å². The molecule has 0 aromatic carbocycles. The molecule has 0 unspecified atom stereocenters. The summed E-state index contributed by atoms with van der Waals surface area (Å²) in [5.41, 5.74) is 0.457. The van der Waals surface area contributed by atoms with Gasteiger partial charge in [0.2, 0.25) is 0 Å². The largest absolute Gasteiger partial charge is 0.477 e. The van der Waals surface area contributed by atoms with Crippen LogP contribution in [-0.2, 0) is 0 Å². The number of nitrogens with zero attached hydrogens (tertiary/aromatic N) is 3. The predicted octanol–water partition coefficient (Wildman–Crippen LogP) is 0.859. The molecule has 6 heteroatoms. The fourth-order valence-corrected chi connectivity index (χ4v) is 1.37. The average Bonchev–Trinajstić information content (AvgIpc) is 2.56. The van der Waals surface area contributed by atoms with Gasteiger partial charge < -0.3 is 10.4 Å². The molecule has 0 amide bonds. The molecule has 0 spiro atoms. The summed E-state index contributed by atoms with van der Waals surface area (Å²) in [4.78, 5) is 15.0. The van der Waals surface area contributed by atoms with Gasteiger partial charge in [0.15, 0.2) is 11.5 Å². The molecular weight excluding hydrogens is 196 g/mol. The van der Waals surface area contributed by atoms with E-state index in [1.54, 1.807) is 18.5 Å². The number of anilines is 1. The summed E-state index contributed by atoms with van der Waals surface area (Å²) >= 11 is 0. The topological polar surface area (TPSA) is 79.5 Å². The van der Waals surface area contributed by atoms with Crippen molar-refractivity contribution < 1.29 is 9.90 Å². The van der Waals surface area contributed by atoms with E-state index in [-0.39, 0.29) is 5.56 Å². The third-order valence-electron chi connectivity index (χ3n) is 1.95. The first-order chi connectivity index (χ1) is 7.24. The zero-order valence-corrected chi connectivity index (χ0v) is 8.14. The highest BCUT2D eigenvalue weighted by Gasteiger charge is 2.19. The third kappa shape index (κ3) is 1.50. The Bertz CT molecular complexity index is 506. The van der Waals surface area contributed by atoms with Gasteiger partial charge in [0.25, 0.3) is 0 Å². The minimum Gasteiger partial charge on any atom is -0.477 e. The van der Waals surface area contributed by atoms with Crippen LogP contribution in [0.1, 0.15) is 17.3 Å². The van der Waals surface area contributed by atoms with Crippen molar-refractivity contribution in [2.24, 2.45) is 0 Å². The third-order valence-corrected chi connectivity index (χ3v) is 1.95. The van der Waals surface area contributed by atoms with Gasteiger partial charge in [-0.15, -0.1) is 5.10 Å². The Labute approximate surface area is 85.6 Å². The van der Waals surface area contributed by atoms with Gasteiger partial charge in [0, 0.05) is 18.9 Å². The number of carboxylic acids is 1. The molecule has 0 bridgehead atoms. The number of nitrogens with one attached hydrogen (secondary N) is 1. The molecule has 78 valence electrons. The fraction of sp³-hybridized carbons (Fsp3) is 0.222. The SMILES string of the molecule is CCNc1nn2cccnc2c1C(=O)O. The van der Waals surface area contributed by atoms with Crippen LogP contribution in [0, 0.1) is 0 Å². The van der Waals surface area contributed by atoms with Gasteiger partial charge in [-0.05, 0) is 13.0 Å². The maximum Gasteiger partial charge on any atom is 0.343 e. The fourth-order valence-electron chi connectivity index (χ4n) is 1.37. The molecule has 6 nitrogen and oxygen atoms in total. The Balaban J connectivity index is 2.69. The standard InChI is InChI=1S/C9H10N4O2/c1-2-10-7-6(9(14)15)8-11-4-3-5-13(8)12-7/h3-5H,2H2,1H3,(H,10,12)(H,14,15). The lowest BCUT2D eigenvalue weighted by Crippen LogP contribution is -2.04. The lowest BCUT2D eigenvalue weighted by molar-refractivity contribution is 0.0700. The molecule has 0 aliphatic carbocycles. The number of hydrogen-bond donors (Lipinski definition) is 2. The van der Waals surface area contributed by atoms with Crippen LogP contribution in [0.25, 0.3) is 5.65 Å². The van der Waals surface area contributed by atoms with E-state index in [9.17, 15) is 4.79 Å². The second kappa shape index (κ2) is 3.56. The number of carboxylic acid groups (broad SMARTS) is 1. The van der Waals surface area contributed by atoms with Gasteiger partial charge >= 0.3 is 5.97 Å². The summed E-state index contributed by atoms with van der Waals surface area (Å²) in [6, 6.07) is 1.70. The summed E-state index contributed by atoms with van der Waals surface area (Å²) < 4.78 is 1.45. The van der Waals surface area contributed by atoms with E-state index >= 15 is 0 Å². The van der Waals surface area contributed by atoms with Gasteiger partial charge in [0.1, 0.15) is 5.56 Å². The molecule has 0 saturated carbocycles. The molecule has 2 aromatic heterocycles. The molecular formula is C9H10N4O2. The van der Waals surface area contributed by atoms with Crippen LogP contribution in [0.15, 0.2) is 18.5 Å². The number of fused-ring (bicyclic) bond motifs is 1. The first-order valence-corrected chi connectivity index (χ1v) is 4.54. The molecule has 0 aliphatic rings. The summed E-state index contributed by atoms with van der Waals surface area (Å²) in [7, 11) is 0. The van der Waals surface area contributed by atoms with E-state index in [0.717, 1.165) is 0 Å².